The van der Waals surface area contributed by atoms with Crippen molar-refractivity contribution in [2.24, 2.45) is 5.41 Å². The fourth-order valence-electron chi connectivity index (χ4n) is 6.20. The Bertz CT molecular complexity index is 1250. The molecule has 2 aliphatic heterocycles. The third kappa shape index (κ3) is 2.99. The van der Waals surface area contributed by atoms with Gasteiger partial charge >= 0.3 is 0 Å². The zero-order valence-electron chi connectivity index (χ0n) is 18.5. The average molecular weight is 464 g/mol. The number of benzene rings is 1. The summed E-state index contributed by atoms with van der Waals surface area (Å²) in [5.74, 6) is 4.72. The second-order valence-electron chi connectivity index (χ2n) is 10.9. The van der Waals surface area contributed by atoms with Crippen LogP contribution in [0.2, 0.25) is 5.02 Å². The molecule has 8 rings (SSSR count). The van der Waals surface area contributed by atoms with E-state index in [2.05, 4.69) is 41.7 Å². The van der Waals surface area contributed by atoms with Crippen molar-refractivity contribution < 1.29 is 4.52 Å². The second kappa shape index (κ2) is 6.57. The summed E-state index contributed by atoms with van der Waals surface area (Å²) in [6, 6.07) is 6.94. The summed E-state index contributed by atoms with van der Waals surface area (Å²) in [6.45, 7) is 3.81. The first kappa shape index (κ1) is 18.9. The van der Waals surface area contributed by atoms with E-state index in [4.69, 9.17) is 21.2 Å². The molecule has 0 N–H and O–H groups in total. The van der Waals surface area contributed by atoms with E-state index in [9.17, 15) is 0 Å². The maximum Gasteiger partial charge on any atom is 0.266 e. The molecule has 3 saturated carbocycles. The molecule has 0 radical (unpaired) electrons. The smallest absolute Gasteiger partial charge is 0.266 e. The van der Waals surface area contributed by atoms with Gasteiger partial charge < -0.3 is 9.42 Å². The third-order valence-corrected chi connectivity index (χ3v) is 8.47. The molecule has 1 saturated heterocycles. The molecule has 9 heteroatoms. The largest absolute Gasteiger partial charge is 0.337 e. The summed E-state index contributed by atoms with van der Waals surface area (Å²) in [7, 11) is 0. The summed E-state index contributed by atoms with van der Waals surface area (Å²) in [5, 5.41) is 14.4. The van der Waals surface area contributed by atoms with Gasteiger partial charge in [0.2, 0.25) is 5.89 Å². The van der Waals surface area contributed by atoms with E-state index in [1.54, 1.807) is 0 Å². The fraction of sp³-hybridized carbons (Fsp3) is 0.583. The maximum absolute atomic E-state index is 6.38. The number of halogens is 1. The van der Waals surface area contributed by atoms with Gasteiger partial charge in [-0.3, -0.25) is 9.47 Å². The van der Waals surface area contributed by atoms with Gasteiger partial charge in [0.15, 0.2) is 5.82 Å². The zero-order chi connectivity index (χ0) is 21.7. The molecule has 5 aliphatic rings. The van der Waals surface area contributed by atoms with E-state index in [-0.39, 0.29) is 0 Å². The lowest BCUT2D eigenvalue weighted by molar-refractivity contribution is 0.0571. The quantitative estimate of drug-likeness (QED) is 0.577. The number of fused-ring (bicyclic) bond motifs is 3. The topological polar surface area (TPSA) is 76.1 Å². The maximum atomic E-state index is 6.38. The number of hydrogen-bond acceptors (Lipinski definition) is 7. The molecule has 170 valence electrons. The summed E-state index contributed by atoms with van der Waals surface area (Å²) in [4.78, 5) is 9.43. The minimum atomic E-state index is 0.352. The van der Waals surface area contributed by atoms with Crippen LogP contribution in [0.25, 0.3) is 5.69 Å². The molecule has 0 bridgehead atoms. The van der Waals surface area contributed by atoms with Gasteiger partial charge in [-0.05, 0) is 67.4 Å². The second-order valence-corrected chi connectivity index (χ2v) is 11.3. The molecule has 4 heterocycles. The normalized spacial score (nSPS) is 24.2. The van der Waals surface area contributed by atoms with E-state index in [0.717, 1.165) is 67.5 Å². The van der Waals surface area contributed by atoms with Crippen LogP contribution in [0.15, 0.2) is 22.7 Å². The lowest BCUT2D eigenvalue weighted by atomic mass is 9.57. The van der Waals surface area contributed by atoms with Crippen LogP contribution < -0.4 is 4.90 Å². The molecule has 1 spiro atoms. The number of nitrogens with zero attached hydrogens (tertiary/aromatic N) is 7. The van der Waals surface area contributed by atoms with Crippen LogP contribution in [0.3, 0.4) is 0 Å². The molecule has 3 aliphatic carbocycles. The van der Waals surface area contributed by atoms with E-state index >= 15 is 0 Å². The van der Waals surface area contributed by atoms with E-state index < -0.39 is 0 Å². The molecule has 1 aromatic carbocycles. The molecule has 2 aromatic heterocycles. The highest BCUT2D eigenvalue weighted by molar-refractivity contribution is 6.30. The molecule has 0 atom stereocenters. The van der Waals surface area contributed by atoms with Gasteiger partial charge in [0, 0.05) is 47.9 Å². The first-order valence-electron chi connectivity index (χ1n) is 12.2. The standard InChI is InChI=1S/C24H26ClN7O/c25-17-3-6-19-15(7-17)10-30(18-4-5-18)11-20-27-28-21(32(19)20)16-8-24(9-16)12-31(13-24)23-26-22(33-29-23)14-1-2-14/h3,6-7,14,16,18H,1-2,4-5,8-13H2. The van der Waals surface area contributed by atoms with Crippen molar-refractivity contribution in [1.29, 1.82) is 0 Å². The van der Waals surface area contributed by atoms with Gasteiger partial charge in [0.25, 0.3) is 5.95 Å². The van der Waals surface area contributed by atoms with Crippen LogP contribution in [0, 0.1) is 5.41 Å². The number of anilines is 1. The Morgan fingerprint density at radius 1 is 1.00 bits per heavy atom. The van der Waals surface area contributed by atoms with Gasteiger partial charge in [0.05, 0.1) is 12.2 Å². The average Bonchev–Trinajstić information content (AvgIpc) is 3.67. The Labute approximate surface area is 196 Å². The Kier molecular flexibility index (Phi) is 3.77. The molecule has 33 heavy (non-hydrogen) atoms. The molecule has 4 fully saturated rings. The minimum Gasteiger partial charge on any atom is -0.337 e. The Morgan fingerprint density at radius 2 is 1.85 bits per heavy atom. The monoisotopic (exact) mass is 463 g/mol. The highest BCUT2D eigenvalue weighted by atomic mass is 35.5. The fourth-order valence-corrected chi connectivity index (χ4v) is 6.39. The van der Waals surface area contributed by atoms with Crippen LogP contribution in [0.4, 0.5) is 5.95 Å². The summed E-state index contributed by atoms with van der Waals surface area (Å²) < 4.78 is 7.79. The van der Waals surface area contributed by atoms with Gasteiger partial charge in [-0.25, -0.2) is 0 Å². The first-order chi connectivity index (χ1) is 16.1. The number of hydrogen-bond donors (Lipinski definition) is 0. The van der Waals surface area contributed by atoms with Crippen LogP contribution >= 0.6 is 11.6 Å². The van der Waals surface area contributed by atoms with Gasteiger partial charge in [-0.15, -0.1) is 10.2 Å². The van der Waals surface area contributed by atoms with Gasteiger partial charge in [-0.1, -0.05) is 11.6 Å². The predicted molar refractivity (Wildman–Crippen MR) is 122 cm³/mol. The van der Waals surface area contributed by atoms with Crippen molar-refractivity contribution in [3.63, 3.8) is 0 Å². The Balaban J connectivity index is 1.04. The predicted octanol–water partition coefficient (Wildman–Crippen LogP) is 4.04. The van der Waals surface area contributed by atoms with Crippen molar-refractivity contribution in [2.45, 2.75) is 69.5 Å². The van der Waals surface area contributed by atoms with E-state index in [1.165, 1.54) is 36.9 Å². The molecular formula is C24H26ClN7O. The van der Waals surface area contributed by atoms with Crippen molar-refractivity contribution in [2.75, 3.05) is 18.0 Å². The number of aromatic nitrogens is 5. The molecule has 8 nitrogen and oxygen atoms in total. The van der Waals surface area contributed by atoms with Crippen LogP contribution in [0.1, 0.15) is 73.5 Å². The number of rotatable bonds is 4. The van der Waals surface area contributed by atoms with E-state index in [1.807, 2.05) is 6.07 Å². The van der Waals surface area contributed by atoms with Crippen LogP contribution in [-0.2, 0) is 13.1 Å². The summed E-state index contributed by atoms with van der Waals surface area (Å²) in [5.41, 5.74) is 2.83. The molecular weight excluding hydrogens is 438 g/mol. The van der Waals surface area contributed by atoms with E-state index in [0.29, 0.717) is 23.3 Å². The Morgan fingerprint density at radius 3 is 2.64 bits per heavy atom. The highest BCUT2D eigenvalue weighted by Crippen LogP contribution is 2.56. The van der Waals surface area contributed by atoms with Crippen molar-refractivity contribution >= 4 is 17.5 Å². The van der Waals surface area contributed by atoms with Crippen LogP contribution in [-0.4, -0.2) is 48.9 Å². The van der Waals surface area contributed by atoms with Crippen molar-refractivity contribution in [1.82, 2.24) is 29.8 Å². The Hall–Kier alpha value is -2.45. The summed E-state index contributed by atoms with van der Waals surface area (Å²) >= 11 is 6.38. The van der Waals surface area contributed by atoms with Crippen molar-refractivity contribution in [3.05, 3.63) is 46.3 Å². The van der Waals surface area contributed by atoms with Gasteiger partial charge in [0.1, 0.15) is 5.82 Å². The SMILES string of the molecule is Clc1ccc2c(c1)CN(C1CC1)Cc1nnc(C3CC4(C3)CN(c3noc(C5CC5)n3)C4)n1-2. The lowest BCUT2D eigenvalue weighted by Crippen LogP contribution is -2.62. The van der Waals surface area contributed by atoms with Gasteiger partial charge in [-0.2, -0.15) is 4.98 Å². The molecule has 3 aromatic rings. The first-order valence-corrected chi connectivity index (χ1v) is 12.6. The third-order valence-electron chi connectivity index (χ3n) is 8.24. The lowest BCUT2D eigenvalue weighted by Gasteiger charge is -2.58. The zero-order valence-corrected chi connectivity index (χ0v) is 19.2. The van der Waals surface area contributed by atoms with Crippen molar-refractivity contribution in [3.8, 4) is 5.69 Å². The minimum absolute atomic E-state index is 0.352. The molecule has 0 unspecified atom stereocenters. The summed E-state index contributed by atoms with van der Waals surface area (Å²) in [6.07, 6.45) is 7.21. The molecule has 0 amide bonds. The van der Waals surface area contributed by atoms with Crippen LogP contribution in [0.5, 0.6) is 0 Å². The highest BCUT2D eigenvalue weighted by Gasteiger charge is 2.55.